The van der Waals surface area contributed by atoms with E-state index in [1.165, 1.54) is 0 Å². The molecule has 0 saturated carbocycles. The Balaban J connectivity index is 2.13. The van der Waals surface area contributed by atoms with Crippen LogP contribution in [0, 0.1) is 0 Å². The van der Waals surface area contributed by atoms with Crippen molar-refractivity contribution in [1.82, 2.24) is 15.3 Å². The van der Waals surface area contributed by atoms with E-state index >= 15 is 0 Å². The fourth-order valence-corrected chi connectivity index (χ4v) is 1.14. The summed E-state index contributed by atoms with van der Waals surface area (Å²) in [5, 5.41) is 3.22. The number of aromatic amines is 1. The van der Waals surface area contributed by atoms with Gasteiger partial charge in [0.15, 0.2) is 0 Å². The molecule has 0 aromatic carbocycles. The number of nitrogens with zero attached hydrogens (tertiary/aromatic N) is 1. The molecule has 1 aromatic rings. The van der Waals surface area contributed by atoms with E-state index in [9.17, 15) is 0 Å². The Bertz CT molecular complexity index is 226. The SMILES string of the molecule is COCC(CNCc1ncc[nH]1)OC. The third kappa shape index (κ3) is 3.87. The van der Waals surface area contributed by atoms with E-state index in [0.29, 0.717) is 6.61 Å². The van der Waals surface area contributed by atoms with E-state index in [1.54, 1.807) is 26.6 Å². The summed E-state index contributed by atoms with van der Waals surface area (Å²) in [6.07, 6.45) is 3.63. The lowest BCUT2D eigenvalue weighted by Crippen LogP contribution is -2.31. The van der Waals surface area contributed by atoms with Gasteiger partial charge in [-0.2, -0.15) is 0 Å². The van der Waals surface area contributed by atoms with E-state index in [0.717, 1.165) is 18.9 Å². The lowest BCUT2D eigenvalue weighted by molar-refractivity contribution is 0.0287. The smallest absolute Gasteiger partial charge is 0.120 e. The fraction of sp³-hybridized carbons (Fsp3) is 0.667. The second kappa shape index (κ2) is 6.53. The van der Waals surface area contributed by atoms with Crippen molar-refractivity contribution in [2.45, 2.75) is 12.6 Å². The van der Waals surface area contributed by atoms with Gasteiger partial charge in [-0.25, -0.2) is 4.98 Å². The lowest BCUT2D eigenvalue weighted by Gasteiger charge is -2.14. The van der Waals surface area contributed by atoms with Crippen LogP contribution in [0.25, 0.3) is 0 Å². The molecule has 1 atom stereocenters. The number of rotatable bonds is 7. The average molecular weight is 199 g/mol. The number of ether oxygens (including phenoxy) is 2. The molecule has 0 spiro atoms. The summed E-state index contributed by atoms with van der Waals surface area (Å²) in [5.41, 5.74) is 0. The van der Waals surface area contributed by atoms with E-state index in [2.05, 4.69) is 15.3 Å². The summed E-state index contributed by atoms with van der Waals surface area (Å²) in [6.45, 7) is 2.07. The van der Waals surface area contributed by atoms with Gasteiger partial charge in [0, 0.05) is 33.2 Å². The largest absolute Gasteiger partial charge is 0.382 e. The van der Waals surface area contributed by atoms with Crippen molar-refractivity contribution in [3.63, 3.8) is 0 Å². The van der Waals surface area contributed by atoms with Crippen molar-refractivity contribution in [2.75, 3.05) is 27.4 Å². The highest BCUT2D eigenvalue weighted by molar-refractivity contribution is 4.86. The van der Waals surface area contributed by atoms with Crippen LogP contribution in [0.15, 0.2) is 12.4 Å². The predicted molar refractivity (Wildman–Crippen MR) is 53.0 cm³/mol. The molecule has 0 saturated heterocycles. The van der Waals surface area contributed by atoms with Gasteiger partial charge in [0.1, 0.15) is 5.82 Å². The number of hydrogen-bond acceptors (Lipinski definition) is 4. The van der Waals surface area contributed by atoms with Gasteiger partial charge in [-0.3, -0.25) is 0 Å². The first kappa shape index (κ1) is 11.2. The zero-order valence-electron chi connectivity index (χ0n) is 8.62. The van der Waals surface area contributed by atoms with E-state index in [4.69, 9.17) is 9.47 Å². The van der Waals surface area contributed by atoms with Gasteiger partial charge in [0.2, 0.25) is 0 Å². The minimum atomic E-state index is 0.0926. The molecule has 1 heterocycles. The molecule has 0 fully saturated rings. The van der Waals surface area contributed by atoms with Crippen molar-refractivity contribution in [3.05, 3.63) is 18.2 Å². The van der Waals surface area contributed by atoms with E-state index < -0.39 is 0 Å². The Hall–Kier alpha value is -0.910. The van der Waals surface area contributed by atoms with Crippen LogP contribution in [-0.4, -0.2) is 43.4 Å². The standard InChI is InChI=1S/C9H17N3O2/c1-13-7-8(14-2)5-10-6-9-11-3-4-12-9/h3-4,8,10H,5-7H2,1-2H3,(H,11,12). The lowest BCUT2D eigenvalue weighted by atomic mass is 10.3. The van der Waals surface area contributed by atoms with Gasteiger partial charge in [-0.05, 0) is 0 Å². The van der Waals surface area contributed by atoms with Crippen LogP contribution in [0.3, 0.4) is 0 Å². The van der Waals surface area contributed by atoms with Crippen LogP contribution < -0.4 is 5.32 Å². The highest BCUT2D eigenvalue weighted by atomic mass is 16.5. The number of aromatic nitrogens is 2. The minimum Gasteiger partial charge on any atom is -0.382 e. The van der Waals surface area contributed by atoms with Crippen LogP contribution >= 0.6 is 0 Å². The number of imidazole rings is 1. The highest BCUT2D eigenvalue weighted by Gasteiger charge is 2.05. The second-order valence-corrected chi connectivity index (χ2v) is 2.98. The number of hydrogen-bond donors (Lipinski definition) is 2. The monoisotopic (exact) mass is 199 g/mol. The molecule has 0 aliphatic heterocycles. The van der Waals surface area contributed by atoms with Crippen molar-refractivity contribution in [3.8, 4) is 0 Å². The average Bonchev–Trinajstić information content (AvgIpc) is 2.69. The topological polar surface area (TPSA) is 59.2 Å². The molecule has 0 amide bonds. The quantitative estimate of drug-likeness (QED) is 0.657. The molecule has 1 aromatic heterocycles. The van der Waals surface area contributed by atoms with Crippen molar-refractivity contribution >= 4 is 0 Å². The molecule has 80 valence electrons. The molecule has 14 heavy (non-hydrogen) atoms. The molecule has 0 aliphatic carbocycles. The Morgan fingerprint density at radius 1 is 1.57 bits per heavy atom. The first-order chi connectivity index (χ1) is 6.86. The van der Waals surface area contributed by atoms with Crippen LogP contribution in [0.5, 0.6) is 0 Å². The summed E-state index contributed by atoms with van der Waals surface area (Å²) in [5.74, 6) is 0.928. The van der Waals surface area contributed by atoms with Gasteiger partial charge >= 0.3 is 0 Å². The van der Waals surface area contributed by atoms with Gasteiger partial charge < -0.3 is 19.8 Å². The number of nitrogens with one attached hydrogen (secondary N) is 2. The molecule has 5 heteroatoms. The van der Waals surface area contributed by atoms with Crippen molar-refractivity contribution in [2.24, 2.45) is 0 Å². The summed E-state index contributed by atoms with van der Waals surface area (Å²) in [6, 6.07) is 0. The Kier molecular flexibility index (Phi) is 5.21. The molecular weight excluding hydrogens is 182 g/mol. The van der Waals surface area contributed by atoms with Gasteiger partial charge in [0.25, 0.3) is 0 Å². The summed E-state index contributed by atoms with van der Waals surface area (Å²) >= 11 is 0. The van der Waals surface area contributed by atoms with E-state index in [-0.39, 0.29) is 6.10 Å². The molecule has 0 aliphatic rings. The summed E-state index contributed by atoms with van der Waals surface area (Å²) in [7, 11) is 3.34. The Morgan fingerprint density at radius 2 is 2.43 bits per heavy atom. The maximum atomic E-state index is 5.19. The predicted octanol–water partition coefficient (Wildman–Crippen LogP) is 0.161. The summed E-state index contributed by atoms with van der Waals surface area (Å²) in [4.78, 5) is 7.11. The minimum absolute atomic E-state index is 0.0926. The zero-order chi connectivity index (χ0) is 10.2. The first-order valence-electron chi connectivity index (χ1n) is 4.57. The van der Waals surface area contributed by atoms with Crippen molar-refractivity contribution in [1.29, 1.82) is 0 Å². The van der Waals surface area contributed by atoms with Gasteiger partial charge in [0.05, 0.1) is 19.3 Å². The molecule has 5 nitrogen and oxygen atoms in total. The van der Waals surface area contributed by atoms with Crippen LogP contribution in [-0.2, 0) is 16.0 Å². The number of H-pyrrole nitrogens is 1. The molecular formula is C9H17N3O2. The van der Waals surface area contributed by atoms with Crippen molar-refractivity contribution < 1.29 is 9.47 Å². The fourth-order valence-electron chi connectivity index (χ4n) is 1.14. The van der Waals surface area contributed by atoms with Gasteiger partial charge in [-0.1, -0.05) is 0 Å². The molecule has 0 radical (unpaired) electrons. The Labute approximate surface area is 83.8 Å². The number of methoxy groups -OCH3 is 2. The Morgan fingerprint density at radius 3 is 3.00 bits per heavy atom. The maximum absolute atomic E-state index is 5.19. The van der Waals surface area contributed by atoms with Crippen LogP contribution in [0.2, 0.25) is 0 Å². The van der Waals surface area contributed by atoms with Gasteiger partial charge in [-0.15, -0.1) is 0 Å². The molecule has 0 bridgehead atoms. The molecule has 1 rings (SSSR count). The van der Waals surface area contributed by atoms with Crippen LogP contribution in [0.1, 0.15) is 5.82 Å². The summed E-state index contributed by atoms with van der Waals surface area (Å²) < 4.78 is 10.2. The second-order valence-electron chi connectivity index (χ2n) is 2.98. The third-order valence-electron chi connectivity index (χ3n) is 1.91. The zero-order valence-corrected chi connectivity index (χ0v) is 8.62. The first-order valence-corrected chi connectivity index (χ1v) is 4.57. The van der Waals surface area contributed by atoms with E-state index in [1.807, 2.05) is 0 Å². The highest BCUT2D eigenvalue weighted by Crippen LogP contribution is 1.91. The third-order valence-corrected chi connectivity index (χ3v) is 1.91. The maximum Gasteiger partial charge on any atom is 0.120 e. The molecule has 1 unspecified atom stereocenters. The normalized spacial score (nSPS) is 13.0. The molecule has 2 N–H and O–H groups in total. The van der Waals surface area contributed by atoms with Crippen LogP contribution in [0.4, 0.5) is 0 Å².